The number of benzene rings is 3. The molecule has 1 atom stereocenters. The molecular weight excluding hydrogens is 450 g/mol. The summed E-state index contributed by atoms with van der Waals surface area (Å²) >= 11 is 0. The van der Waals surface area contributed by atoms with Crippen LogP contribution in [-0.4, -0.2) is 36.5 Å². The SMILES string of the molecule is COc1cc(C=Cc2nc3n(n2)CCC[C@]3(O)c2cccc3ccccc23)ccc1-n1cnc(C)c1. The third-order valence-electron chi connectivity index (χ3n) is 6.82. The van der Waals surface area contributed by atoms with E-state index in [1.165, 1.54) is 0 Å². The largest absolute Gasteiger partial charge is 0.495 e. The number of aliphatic hydroxyl groups is 1. The van der Waals surface area contributed by atoms with Crippen molar-refractivity contribution in [3.05, 3.63) is 102 Å². The molecule has 7 nitrogen and oxygen atoms in total. The van der Waals surface area contributed by atoms with Gasteiger partial charge in [0.15, 0.2) is 11.6 Å². The van der Waals surface area contributed by atoms with Gasteiger partial charge in [0.2, 0.25) is 0 Å². The second-order valence-electron chi connectivity index (χ2n) is 9.19. The topological polar surface area (TPSA) is 78.0 Å². The fourth-order valence-electron chi connectivity index (χ4n) is 5.06. The normalized spacial score (nSPS) is 17.5. The van der Waals surface area contributed by atoms with Crippen LogP contribution in [0.1, 0.15) is 41.3 Å². The quantitative estimate of drug-likeness (QED) is 0.380. The Hall–Kier alpha value is -4.23. The Kier molecular flexibility index (Phi) is 5.42. The Bertz CT molecular complexity index is 1590. The summed E-state index contributed by atoms with van der Waals surface area (Å²) in [5, 5.41) is 18.8. The minimum atomic E-state index is -1.19. The smallest absolute Gasteiger partial charge is 0.174 e. The Morgan fingerprint density at radius 1 is 1.06 bits per heavy atom. The summed E-state index contributed by atoms with van der Waals surface area (Å²) in [6.45, 7) is 2.69. The Labute approximate surface area is 209 Å². The summed E-state index contributed by atoms with van der Waals surface area (Å²) in [5.74, 6) is 1.91. The lowest BCUT2D eigenvalue weighted by Gasteiger charge is -2.32. The summed E-state index contributed by atoms with van der Waals surface area (Å²) in [6.07, 6.45) is 9.01. The average molecular weight is 478 g/mol. The highest BCUT2D eigenvalue weighted by Crippen LogP contribution is 2.40. The number of hydrogen-bond donors (Lipinski definition) is 1. The number of methoxy groups -OCH3 is 1. The van der Waals surface area contributed by atoms with Crippen molar-refractivity contribution in [3.8, 4) is 11.4 Å². The fourth-order valence-corrected chi connectivity index (χ4v) is 5.06. The first-order valence-electron chi connectivity index (χ1n) is 12.1. The molecule has 0 aliphatic carbocycles. The van der Waals surface area contributed by atoms with Gasteiger partial charge in [-0.15, -0.1) is 0 Å². The molecule has 0 spiro atoms. The van der Waals surface area contributed by atoms with Crippen LogP contribution in [0.5, 0.6) is 5.75 Å². The van der Waals surface area contributed by atoms with E-state index in [2.05, 4.69) is 23.2 Å². The van der Waals surface area contributed by atoms with Crippen LogP contribution in [0.2, 0.25) is 0 Å². The van der Waals surface area contributed by atoms with Crippen LogP contribution in [0.4, 0.5) is 0 Å². The second-order valence-corrected chi connectivity index (χ2v) is 9.19. The fraction of sp³-hybridized carbons (Fsp3) is 0.207. The first-order valence-corrected chi connectivity index (χ1v) is 12.1. The molecule has 7 heteroatoms. The van der Waals surface area contributed by atoms with Gasteiger partial charge < -0.3 is 14.4 Å². The van der Waals surface area contributed by atoms with Crippen molar-refractivity contribution >= 4 is 22.9 Å². The highest BCUT2D eigenvalue weighted by molar-refractivity contribution is 5.86. The maximum absolute atomic E-state index is 11.9. The van der Waals surface area contributed by atoms with Crippen LogP contribution in [0.25, 0.3) is 28.6 Å². The molecule has 5 aromatic rings. The van der Waals surface area contributed by atoms with E-state index in [0.717, 1.165) is 52.0 Å². The van der Waals surface area contributed by atoms with Gasteiger partial charge in [-0.05, 0) is 59.9 Å². The molecule has 1 aliphatic heterocycles. The highest BCUT2D eigenvalue weighted by atomic mass is 16.5. The molecule has 0 bridgehead atoms. The number of aryl methyl sites for hydroxylation is 2. The molecule has 3 aromatic carbocycles. The lowest BCUT2D eigenvalue weighted by atomic mass is 9.83. The number of fused-ring (bicyclic) bond motifs is 2. The molecule has 0 unspecified atom stereocenters. The van der Waals surface area contributed by atoms with Crippen LogP contribution >= 0.6 is 0 Å². The molecule has 1 aliphatic rings. The van der Waals surface area contributed by atoms with Gasteiger partial charge in [-0.3, -0.25) is 0 Å². The van der Waals surface area contributed by atoms with Crippen LogP contribution in [0.3, 0.4) is 0 Å². The monoisotopic (exact) mass is 477 g/mol. The summed E-state index contributed by atoms with van der Waals surface area (Å²) in [5.41, 5.74) is 2.51. The Morgan fingerprint density at radius 3 is 2.75 bits per heavy atom. The highest BCUT2D eigenvalue weighted by Gasteiger charge is 2.40. The number of aromatic nitrogens is 5. The van der Waals surface area contributed by atoms with Gasteiger partial charge in [-0.25, -0.2) is 14.6 Å². The molecule has 3 heterocycles. The Morgan fingerprint density at radius 2 is 1.92 bits per heavy atom. The summed E-state index contributed by atoms with van der Waals surface area (Å²) in [4.78, 5) is 9.09. The predicted molar refractivity (Wildman–Crippen MR) is 140 cm³/mol. The predicted octanol–water partition coefficient (Wildman–Crippen LogP) is 5.13. The maximum atomic E-state index is 11.9. The molecule has 0 saturated heterocycles. The van der Waals surface area contributed by atoms with Gasteiger partial charge in [0.25, 0.3) is 0 Å². The number of hydrogen-bond acceptors (Lipinski definition) is 5. The number of rotatable bonds is 5. The zero-order valence-corrected chi connectivity index (χ0v) is 20.3. The van der Waals surface area contributed by atoms with Crippen LogP contribution < -0.4 is 4.74 Å². The number of nitrogens with zero attached hydrogens (tertiary/aromatic N) is 5. The van der Waals surface area contributed by atoms with Crippen molar-refractivity contribution in [1.29, 1.82) is 0 Å². The summed E-state index contributed by atoms with van der Waals surface area (Å²) in [6, 6.07) is 20.2. The van der Waals surface area contributed by atoms with E-state index in [1.54, 1.807) is 13.4 Å². The van der Waals surface area contributed by atoms with Gasteiger partial charge in [-0.2, -0.15) is 5.10 Å². The zero-order valence-electron chi connectivity index (χ0n) is 20.3. The Balaban J connectivity index is 1.33. The van der Waals surface area contributed by atoms with Gasteiger partial charge in [0.05, 0.1) is 24.8 Å². The summed E-state index contributed by atoms with van der Waals surface area (Å²) < 4.78 is 9.42. The molecule has 0 saturated carbocycles. The number of ether oxygens (including phenoxy) is 1. The lowest BCUT2D eigenvalue weighted by molar-refractivity contribution is 0.0409. The van der Waals surface area contributed by atoms with Crippen LogP contribution in [0.15, 0.2) is 73.2 Å². The minimum absolute atomic E-state index is 0.568. The van der Waals surface area contributed by atoms with Crippen molar-refractivity contribution in [3.63, 3.8) is 0 Å². The molecule has 6 rings (SSSR count). The maximum Gasteiger partial charge on any atom is 0.174 e. The molecule has 0 amide bonds. The van der Waals surface area contributed by atoms with Crippen molar-refractivity contribution < 1.29 is 9.84 Å². The van der Waals surface area contributed by atoms with E-state index in [0.29, 0.717) is 18.1 Å². The molecule has 36 heavy (non-hydrogen) atoms. The van der Waals surface area contributed by atoms with Crippen LogP contribution in [-0.2, 0) is 12.1 Å². The van der Waals surface area contributed by atoms with Crippen molar-refractivity contribution in [1.82, 2.24) is 24.3 Å². The molecule has 0 fully saturated rings. The van der Waals surface area contributed by atoms with Crippen LogP contribution in [0, 0.1) is 6.92 Å². The first kappa shape index (κ1) is 22.2. The molecule has 180 valence electrons. The van der Waals surface area contributed by atoms with Gasteiger partial charge >= 0.3 is 0 Å². The standard InChI is InChI=1S/C29H27N5O2/c1-20-18-33(19-30-20)25-13-11-21(17-26(25)36-2)12-14-27-31-28-29(35,15-6-16-34(28)32-27)24-10-5-8-22-7-3-4-9-23(22)24/h3-5,7-14,17-19,35H,6,15-16H2,1-2H3/t29-/m0/s1. The first-order chi connectivity index (χ1) is 17.5. The summed E-state index contributed by atoms with van der Waals surface area (Å²) in [7, 11) is 1.66. The van der Waals surface area contributed by atoms with Crippen molar-refractivity contribution in [2.24, 2.45) is 0 Å². The van der Waals surface area contributed by atoms with Crippen molar-refractivity contribution in [2.75, 3.05) is 7.11 Å². The average Bonchev–Trinajstić information content (AvgIpc) is 3.54. The zero-order chi connectivity index (χ0) is 24.7. The third kappa shape index (κ3) is 3.78. The van der Waals surface area contributed by atoms with E-state index in [1.807, 2.05) is 77.0 Å². The second kappa shape index (κ2) is 8.77. The van der Waals surface area contributed by atoms with E-state index in [-0.39, 0.29) is 0 Å². The van der Waals surface area contributed by atoms with Crippen molar-refractivity contribution in [2.45, 2.75) is 31.9 Å². The molecule has 0 radical (unpaired) electrons. The minimum Gasteiger partial charge on any atom is -0.495 e. The van der Waals surface area contributed by atoms with E-state index in [9.17, 15) is 5.11 Å². The molecule has 2 aromatic heterocycles. The number of imidazole rings is 1. The van der Waals surface area contributed by atoms with Gasteiger partial charge in [0, 0.05) is 12.7 Å². The van der Waals surface area contributed by atoms with E-state index in [4.69, 9.17) is 14.8 Å². The molecule has 1 N–H and O–H groups in total. The third-order valence-corrected chi connectivity index (χ3v) is 6.82. The molecular formula is C29H27N5O2. The van der Waals surface area contributed by atoms with Gasteiger partial charge in [0.1, 0.15) is 11.4 Å². The van der Waals surface area contributed by atoms with E-state index < -0.39 is 5.60 Å². The van der Waals surface area contributed by atoms with Gasteiger partial charge in [-0.1, -0.05) is 54.6 Å². The lowest BCUT2D eigenvalue weighted by Crippen LogP contribution is -2.35. The van der Waals surface area contributed by atoms with E-state index >= 15 is 0 Å².